The number of carbonyl (C=O) groups is 1. The Morgan fingerprint density at radius 3 is 2.37 bits per heavy atom. The van der Waals surface area contributed by atoms with E-state index in [0.717, 1.165) is 0 Å². The zero-order chi connectivity index (χ0) is 12.1. The van der Waals surface area contributed by atoms with Crippen LogP contribution < -0.4 is 10.2 Å². The summed E-state index contributed by atoms with van der Waals surface area (Å²) in [5.41, 5.74) is 0.594. The Morgan fingerprint density at radius 1 is 1.42 bits per heavy atom. The number of carboxylic acids is 1. The van der Waals surface area contributed by atoms with Crippen LogP contribution in [0.3, 0.4) is 0 Å². The summed E-state index contributed by atoms with van der Waals surface area (Å²) in [7, 11) is 0. The van der Waals surface area contributed by atoms with Gasteiger partial charge in [0.25, 0.3) is 0 Å². The van der Waals surface area contributed by atoms with Crippen LogP contribution in [0.2, 0.25) is 0 Å². The molecule has 0 aliphatic rings. The van der Waals surface area contributed by atoms with Gasteiger partial charge in [0.1, 0.15) is 6.04 Å². The van der Waals surface area contributed by atoms with Gasteiger partial charge < -0.3 is 31.1 Å². The van der Waals surface area contributed by atoms with Crippen LogP contribution >= 0.6 is 0 Å². The maximum atomic E-state index is 11.4. The van der Waals surface area contributed by atoms with E-state index in [-0.39, 0.29) is 39.5 Å². The molecule has 1 atom stereocenters. The molecule has 0 fully saturated rings. The largest absolute Gasteiger partial charge is 2.00 e. The van der Waals surface area contributed by atoms with Gasteiger partial charge in [-0.1, -0.05) is 30.0 Å². The summed E-state index contributed by atoms with van der Waals surface area (Å²) in [6.45, 7) is 0.864. The van der Waals surface area contributed by atoms with Crippen LogP contribution in [-0.2, 0) is 27.3 Å². The van der Waals surface area contributed by atoms with Gasteiger partial charge in [-0.25, -0.2) is 0 Å². The fraction of sp³-hybridized carbons (Fsp3) is 0.273. The second-order valence-electron chi connectivity index (χ2n) is 3.23. The summed E-state index contributed by atoms with van der Waals surface area (Å²) >= 11 is 0. The number of aliphatic hydroxyl groups excluding tert-OH is 1. The number of aliphatic hydroxyl groups is 1. The number of benzene rings is 1. The molecular weight excluding hydrogens is 306 g/mol. The predicted molar refractivity (Wildman–Crippen MR) is 62.5 cm³/mol. The van der Waals surface area contributed by atoms with E-state index in [1.165, 1.54) is 13.0 Å². The number of nitrogens with zero attached hydrogens (tertiary/aromatic N) is 1. The van der Waals surface area contributed by atoms with Crippen LogP contribution in [-0.4, -0.2) is 34.9 Å². The number of aliphatic carboxylic acids is 1. The quantitative estimate of drug-likeness (QED) is 0.354. The molecule has 1 rings (SSSR count). The molecule has 19 heavy (non-hydrogen) atoms. The number of hydrogen-bond acceptors (Lipinski definition) is 5. The van der Waals surface area contributed by atoms with Crippen molar-refractivity contribution < 1.29 is 48.1 Å². The first-order valence-electron chi connectivity index (χ1n) is 4.68. The minimum Gasteiger partial charge on any atom is -0.872 e. The van der Waals surface area contributed by atoms with Gasteiger partial charge in [0.15, 0.2) is 0 Å². The third-order valence-corrected chi connectivity index (χ3v) is 2.07. The Hall–Kier alpha value is -1.44. The van der Waals surface area contributed by atoms with E-state index in [4.69, 9.17) is 5.11 Å². The summed E-state index contributed by atoms with van der Waals surface area (Å²) in [4.78, 5) is 14.3. The Balaban J connectivity index is -0.000000853. The van der Waals surface area contributed by atoms with Crippen LogP contribution in [0.4, 0.5) is 0 Å². The molecule has 7 nitrogen and oxygen atoms in total. The zero-order valence-electron chi connectivity index (χ0n) is 10.1. The number of para-hydroxylation sites is 1. The molecular formula is C11H16CuNO6+. The van der Waals surface area contributed by atoms with Gasteiger partial charge in [-0.2, -0.15) is 0 Å². The summed E-state index contributed by atoms with van der Waals surface area (Å²) in [5, 5.41) is 30.7. The van der Waals surface area contributed by atoms with Crippen molar-refractivity contribution >= 4 is 11.7 Å². The van der Waals surface area contributed by atoms with E-state index in [1.807, 2.05) is 0 Å². The van der Waals surface area contributed by atoms with E-state index in [1.54, 1.807) is 18.2 Å². The van der Waals surface area contributed by atoms with Gasteiger partial charge in [0.2, 0.25) is 0 Å². The van der Waals surface area contributed by atoms with Gasteiger partial charge in [-0.05, 0) is 12.5 Å². The van der Waals surface area contributed by atoms with Crippen LogP contribution in [0.15, 0.2) is 29.3 Å². The van der Waals surface area contributed by atoms with Crippen molar-refractivity contribution in [3.63, 3.8) is 0 Å². The van der Waals surface area contributed by atoms with Crippen molar-refractivity contribution in [2.24, 2.45) is 4.99 Å². The van der Waals surface area contributed by atoms with Crippen LogP contribution in [0, 0.1) is 0 Å². The summed E-state index contributed by atoms with van der Waals surface area (Å²) in [6, 6.07) is 4.82. The van der Waals surface area contributed by atoms with Crippen molar-refractivity contribution in [1.82, 2.24) is 0 Å². The molecule has 0 unspecified atom stereocenters. The molecule has 0 saturated carbocycles. The first kappa shape index (κ1) is 22.7. The van der Waals surface area contributed by atoms with Crippen LogP contribution in [0.1, 0.15) is 12.5 Å². The average molecular weight is 322 g/mol. The molecule has 111 valence electrons. The van der Waals surface area contributed by atoms with Crippen molar-refractivity contribution in [2.75, 3.05) is 6.61 Å². The van der Waals surface area contributed by atoms with E-state index in [0.29, 0.717) is 5.56 Å². The molecule has 0 aliphatic heterocycles. The van der Waals surface area contributed by atoms with E-state index < -0.39 is 18.6 Å². The van der Waals surface area contributed by atoms with Crippen molar-refractivity contribution in [2.45, 2.75) is 13.0 Å². The topological polar surface area (TPSA) is 160 Å². The fourth-order valence-electron chi connectivity index (χ4n) is 1.24. The molecule has 0 spiro atoms. The fourth-order valence-corrected chi connectivity index (χ4v) is 1.24. The van der Waals surface area contributed by atoms with Gasteiger partial charge >= 0.3 is 17.1 Å². The second kappa shape index (κ2) is 10.5. The van der Waals surface area contributed by atoms with E-state index >= 15 is 0 Å². The second-order valence-corrected chi connectivity index (χ2v) is 3.23. The zero-order valence-corrected chi connectivity index (χ0v) is 11.0. The predicted octanol–water partition coefficient (Wildman–Crippen LogP) is -3.07. The SMILES string of the molecule is CC(=N[C@@H](CO)C(=O)[O-])c1ccccc1[O-].O.[Cu+2].[OH3+]. The molecule has 0 amide bonds. The first-order chi connectivity index (χ1) is 7.56. The monoisotopic (exact) mass is 321 g/mol. The molecule has 8 heteroatoms. The standard InChI is InChI=1S/C11H13NO4.Cu.2H2O/c1-7(12-9(6-13)11(15)16)8-4-2-3-5-10(8)14;;;/h2-5,9,13-14H,6H2,1H3,(H,15,16);;2*1H2/q;+2;;/p-1/t9-;;;/m0.../s1. The van der Waals surface area contributed by atoms with Gasteiger partial charge in [-0.15, -0.1) is 0 Å². The number of carboxylic acid groups (broad SMARTS) is 1. The average Bonchev–Trinajstić information content (AvgIpc) is 2.25. The van der Waals surface area contributed by atoms with Crippen molar-refractivity contribution in [1.29, 1.82) is 0 Å². The molecule has 1 aromatic carbocycles. The Labute approximate surface area is 120 Å². The van der Waals surface area contributed by atoms with Crippen molar-refractivity contribution in [3.8, 4) is 5.75 Å². The van der Waals surface area contributed by atoms with Crippen LogP contribution in [0.25, 0.3) is 0 Å². The minimum atomic E-state index is -1.47. The maximum absolute atomic E-state index is 11.4. The molecule has 6 N–H and O–H groups in total. The third kappa shape index (κ3) is 6.32. The number of rotatable bonds is 4. The first-order valence-corrected chi connectivity index (χ1v) is 4.68. The number of hydrogen-bond donors (Lipinski definition) is 1. The number of aliphatic imine (C=N–C) groups is 1. The summed E-state index contributed by atoms with van der Waals surface area (Å²) in [5.74, 6) is -1.70. The van der Waals surface area contributed by atoms with Crippen molar-refractivity contribution in [3.05, 3.63) is 29.8 Å². The van der Waals surface area contributed by atoms with E-state index in [2.05, 4.69) is 4.99 Å². The van der Waals surface area contributed by atoms with E-state index in [9.17, 15) is 15.0 Å². The summed E-state index contributed by atoms with van der Waals surface area (Å²) in [6.07, 6.45) is 0. The maximum Gasteiger partial charge on any atom is 2.00 e. The normalized spacial score (nSPS) is 11.4. The Bertz CT molecular complexity index is 423. The minimum absolute atomic E-state index is 0. The number of carbonyl (C=O) groups excluding carboxylic acids is 1. The molecule has 0 saturated heterocycles. The van der Waals surface area contributed by atoms with Gasteiger partial charge in [-0.3, -0.25) is 4.99 Å². The van der Waals surface area contributed by atoms with Gasteiger partial charge in [0, 0.05) is 5.71 Å². The Kier molecular flexibility index (Phi) is 12.5. The Morgan fingerprint density at radius 2 is 1.95 bits per heavy atom. The molecule has 1 aromatic rings. The summed E-state index contributed by atoms with van der Waals surface area (Å²) < 4.78 is 0. The van der Waals surface area contributed by atoms with Gasteiger partial charge in [0.05, 0.1) is 12.6 Å². The molecule has 1 radical (unpaired) electrons. The smallest absolute Gasteiger partial charge is 0.872 e. The molecule has 0 heterocycles. The third-order valence-electron chi connectivity index (χ3n) is 2.07. The molecule has 0 aromatic heterocycles. The molecule has 0 bridgehead atoms. The van der Waals surface area contributed by atoms with Crippen LogP contribution in [0.5, 0.6) is 5.75 Å². The molecule has 0 aliphatic carbocycles.